The number of amides is 1. The molecule has 0 saturated carbocycles. The molecule has 0 radical (unpaired) electrons. The number of carbonyl (C=O) groups is 2. The summed E-state index contributed by atoms with van der Waals surface area (Å²) >= 11 is 0. The van der Waals surface area contributed by atoms with Gasteiger partial charge in [-0.15, -0.1) is 0 Å². The van der Waals surface area contributed by atoms with E-state index in [1.165, 1.54) is 7.11 Å². The summed E-state index contributed by atoms with van der Waals surface area (Å²) in [6, 6.07) is 8.16. The number of rotatable bonds is 4. The molecule has 1 fully saturated rings. The second-order valence-electron chi connectivity index (χ2n) is 4.71. The molecule has 1 aliphatic rings. The van der Waals surface area contributed by atoms with Gasteiger partial charge in [0.25, 0.3) is 5.91 Å². The third-order valence-electron chi connectivity index (χ3n) is 3.44. The lowest BCUT2D eigenvalue weighted by Crippen LogP contribution is -2.42. The molecular weight excluding hydrogens is 246 g/mol. The molecule has 5 nitrogen and oxygen atoms in total. The lowest BCUT2D eigenvalue weighted by atomic mass is 10.0. The van der Waals surface area contributed by atoms with Crippen LogP contribution in [0, 0.1) is 0 Å². The van der Waals surface area contributed by atoms with E-state index >= 15 is 0 Å². The molecular formula is C14H17NO4. The van der Waals surface area contributed by atoms with Crippen molar-refractivity contribution in [2.75, 3.05) is 7.11 Å². The number of methoxy groups -OCH3 is 1. The van der Waals surface area contributed by atoms with Gasteiger partial charge < -0.3 is 14.8 Å². The van der Waals surface area contributed by atoms with E-state index in [9.17, 15) is 9.59 Å². The number of epoxide rings is 1. The summed E-state index contributed by atoms with van der Waals surface area (Å²) in [6.07, 6.45) is -0.137. The predicted molar refractivity (Wildman–Crippen MR) is 68.3 cm³/mol. The zero-order valence-corrected chi connectivity index (χ0v) is 11.2. The SMILES string of the molecule is COC(=O)[C@H](NC(=O)[C@]1(C)O[C@@H]1C)c1ccccc1. The fourth-order valence-corrected chi connectivity index (χ4v) is 1.89. The Kier molecular flexibility index (Phi) is 3.57. The molecule has 102 valence electrons. The quantitative estimate of drug-likeness (QED) is 0.654. The normalized spacial score (nSPS) is 26.4. The van der Waals surface area contributed by atoms with Crippen LogP contribution in [0.15, 0.2) is 30.3 Å². The van der Waals surface area contributed by atoms with Gasteiger partial charge in [0, 0.05) is 0 Å². The number of nitrogens with one attached hydrogen (secondary N) is 1. The zero-order valence-electron chi connectivity index (χ0n) is 11.2. The first-order valence-electron chi connectivity index (χ1n) is 6.10. The first-order chi connectivity index (χ1) is 8.99. The van der Waals surface area contributed by atoms with Gasteiger partial charge in [0.15, 0.2) is 11.6 Å². The highest BCUT2D eigenvalue weighted by molar-refractivity contribution is 5.92. The molecule has 3 atom stereocenters. The topological polar surface area (TPSA) is 67.9 Å². The van der Waals surface area contributed by atoms with Crippen LogP contribution in [0.5, 0.6) is 0 Å². The molecule has 1 N–H and O–H groups in total. The van der Waals surface area contributed by atoms with Crippen molar-refractivity contribution >= 4 is 11.9 Å². The minimum atomic E-state index is -0.846. The van der Waals surface area contributed by atoms with Gasteiger partial charge in [-0.25, -0.2) is 4.79 Å². The van der Waals surface area contributed by atoms with Gasteiger partial charge in [-0.3, -0.25) is 4.79 Å². The van der Waals surface area contributed by atoms with Crippen molar-refractivity contribution < 1.29 is 19.1 Å². The van der Waals surface area contributed by atoms with E-state index in [4.69, 9.17) is 9.47 Å². The van der Waals surface area contributed by atoms with Crippen molar-refractivity contribution in [2.24, 2.45) is 0 Å². The summed E-state index contributed by atoms with van der Waals surface area (Å²) in [5, 5.41) is 2.68. The van der Waals surface area contributed by atoms with Crippen LogP contribution in [-0.2, 0) is 19.1 Å². The molecule has 1 aromatic carbocycles. The maximum atomic E-state index is 12.1. The summed E-state index contributed by atoms with van der Waals surface area (Å²) in [4.78, 5) is 23.9. The van der Waals surface area contributed by atoms with Gasteiger partial charge in [-0.05, 0) is 19.4 Å². The molecule has 5 heteroatoms. The predicted octanol–water partition coefficient (Wildman–Crippen LogP) is 1.19. The van der Waals surface area contributed by atoms with E-state index in [0.29, 0.717) is 5.56 Å². The van der Waals surface area contributed by atoms with Gasteiger partial charge in [-0.1, -0.05) is 30.3 Å². The Hall–Kier alpha value is -1.88. The molecule has 1 aromatic rings. The third-order valence-corrected chi connectivity index (χ3v) is 3.44. The van der Waals surface area contributed by atoms with Crippen LogP contribution in [0.1, 0.15) is 25.5 Å². The Labute approximate surface area is 111 Å². The Balaban J connectivity index is 2.16. The van der Waals surface area contributed by atoms with E-state index in [1.807, 2.05) is 13.0 Å². The van der Waals surface area contributed by atoms with Crippen molar-refractivity contribution in [1.29, 1.82) is 0 Å². The van der Waals surface area contributed by atoms with Gasteiger partial charge in [0.2, 0.25) is 0 Å². The average Bonchev–Trinajstić information content (AvgIpc) is 3.05. The summed E-state index contributed by atoms with van der Waals surface area (Å²) in [7, 11) is 1.29. The summed E-state index contributed by atoms with van der Waals surface area (Å²) in [6.45, 7) is 3.52. The number of benzene rings is 1. The molecule has 1 heterocycles. The fourth-order valence-electron chi connectivity index (χ4n) is 1.89. The third kappa shape index (κ3) is 2.61. The van der Waals surface area contributed by atoms with E-state index in [2.05, 4.69) is 5.32 Å². The van der Waals surface area contributed by atoms with Crippen molar-refractivity contribution in [3.63, 3.8) is 0 Å². The molecule has 0 spiro atoms. The van der Waals surface area contributed by atoms with Crippen LogP contribution < -0.4 is 5.32 Å². The van der Waals surface area contributed by atoms with E-state index in [1.54, 1.807) is 31.2 Å². The standard InChI is InChI=1S/C14H17NO4/c1-9-14(2,19-9)13(17)15-11(12(16)18-3)10-7-5-4-6-8-10/h4-9,11H,1-3H3,(H,15,17)/t9-,11-,14-/m1/s1. The molecule has 0 aromatic heterocycles. The lowest BCUT2D eigenvalue weighted by Gasteiger charge is -2.18. The second kappa shape index (κ2) is 5.01. The number of esters is 1. The molecule has 19 heavy (non-hydrogen) atoms. The molecule has 2 rings (SSSR count). The highest BCUT2D eigenvalue weighted by atomic mass is 16.6. The molecule has 1 saturated heterocycles. The van der Waals surface area contributed by atoms with Crippen LogP contribution in [0.4, 0.5) is 0 Å². The Morgan fingerprint density at radius 3 is 2.42 bits per heavy atom. The van der Waals surface area contributed by atoms with Gasteiger partial charge in [-0.2, -0.15) is 0 Å². The fraction of sp³-hybridized carbons (Fsp3) is 0.429. The van der Waals surface area contributed by atoms with Crippen LogP contribution >= 0.6 is 0 Å². The van der Waals surface area contributed by atoms with Crippen LogP contribution in [0.3, 0.4) is 0 Å². The van der Waals surface area contributed by atoms with Crippen LogP contribution in [0.2, 0.25) is 0 Å². The molecule has 0 bridgehead atoms. The molecule has 1 amide bonds. The maximum absolute atomic E-state index is 12.1. The number of ether oxygens (including phenoxy) is 2. The maximum Gasteiger partial charge on any atom is 0.333 e. The molecule has 1 aliphatic heterocycles. The molecule has 0 aliphatic carbocycles. The van der Waals surface area contributed by atoms with Crippen LogP contribution in [0.25, 0.3) is 0 Å². The van der Waals surface area contributed by atoms with E-state index in [0.717, 1.165) is 0 Å². The number of hydrogen-bond donors (Lipinski definition) is 1. The minimum absolute atomic E-state index is 0.137. The summed E-state index contributed by atoms with van der Waals surface area (Å²) in [5.74, 6) is -0.810. The van der Waals surface area contributed by atoms with Crippen molar-refractivity contribution in [1.82, 2.24) is 5.32 Å². The van der Waals surface area contributed by atoms with Crippen molar-refractivity contribution in [3.05, 3.63) is 35.9 Å². The Morgan fingerprint density at radius 2 is 1.95 bits per heavy atom. The monoisotopic (exact) mass is 263 g/mol. The van der Waals surface area contributed by atoms with Gasteiger partial charge >= 0.3 is 5.97 Å². The Bertz CT molecular complexity index is 487. The smallest absolute Gasteiger partial charge is 0.333 e. The van der Waals surface area contributed by atoms with Crippen LogP contribution in [-0.4, -0.2) is 30.7 Å². The first-order valence-corrected chi connectivity index (χ1v) is 6.10. The lowest BCUT2D eigenvalue weighted by molar-refractivity contribution is -0.145. The van der Waals surface area contributed by atoms with Gasteiger partial charge in [0.05, 0.1) is 13.2 Å². The largest absolute Gasteiger partial charge is 0.467 e. The first kappa shape index (κ1) is 13.5. The minimum Gasteiger partial charge on any atom is -0.467 e. The Morgan fingerprint density at radius 1 is 1.37 bits per heavy atom. The van der Waals surface area contributed by atoms with E-state index in [-0.39, 0.29) is 12.0 Å². The summed E-state index contributed by atoms with van der Waals surface area (Å²) < 4.78 is 9.99. The second-order valence-corrected chi connectivity index (χ2v) is 4.71. The number of carbonyl (C=O) groups excluding carboxylic acids is 2. The zero-order chi connectivity index (χ0) is 14.0. The highest BCUT2D eigenvalue weighted by Gasteiger charge is 2.56. The van der Waals surface area contributed by atoms with Crippen molar-refractivity contribution in [2.45, 2.75) is 31.6 Å². The summed E-state index contributed by atoms with van der Waals surface area (Å²) in [5.41, 5.74) is -0.166. The highest BCUT2D eigenvalue weighted by Crippen LogP contribution is 2.36. The van der Waals surface area contributed by atoms with Crippen molar-refractivity contribution in [3.8, 4) is 0 Å². The number of hydrogen-bond acceptors (Lipinski definition) is 4. The van der Waals surface area contributed by atoms with Gasteiger partial charge in [0.1, 0.15) is 0 Å². The molecule has 0 unspecified atom stereocenters. The van der Waals surface area contributed by atoms with E-state index < -0.39 is 17.6 Å². The average molecular weight is 263 g/mol.